The van der Waals surface area contributed by atoms with Gasteiger partial charge >= 0.3 is 12.1 Å². The third kappa shape index (κ3) is 4.50. The van der Waals surface area contributed by atoms with E-state index in [1.807, 2.05) is 0 Å². The van der Waals surface area contributed by atoms with Crippen molar-refractivity contribution in [1.82, 2.24) is 15.4 Å². The van der Waals surface area contributed by atoms with Crippen LogP contribution in [0.4, 0.5) is 4.79 Å². The molecule has 0 atom stereocenters. The second kappa shape index (κ2) is 6.84. The molecule has 8 nitrogen and oxygen atoms in total. The van der Waals surface area contributed by atoms with Crippen LogP contribution in [0.25, 0.3) is 10.9 Å². The smallest absolute Gasteiger partial charge is 0.426 e. The number of aromatic nitrogens is 1. The molecule has 0 spiro atoms. The Kier molecular flexibility index (Phi) is 5.01. The highest BCUT2D eigenvalue weighted by atomic mass is 16.6. The summed E-state index contributed by atoms with van der Waals surface area (Å²) in [6.07, 6.45) is -0.724. The van der Waals surface area contributed by atoms with Crippen molar-refractivity contribution in [2.24, 2.45) is 0 Å². The molecule has 0 bridgehead atoms. The molecule has 8 heteroatoms. The molecule has 0 fully saturated rings. The summed E-state index contributed by atoms with van der Waals surface area (Å²) in [5.74, 6) is -1.50. The quantitative estimate of drug-likeness (QED) is 0.739. The molecule has 0 radical (unpaired) electrons. The molecule has 2 amide bonds. The van der Waals surface area contributed by atoms with E-state index in [9.17, 15) is 14.4 Å². The second-order valence-electron chi connectivity index (χ2n) is 6.45. The molecule has 0 aliphatic rings. The van der Waals surface area contributed by atoms with Gasteiger partial charge in [-0.1, -0.05) is 0 Å². The Morgan fingerprint density at radius 1 is 1.24 bits per heavy atom. The van der Waals surface area contributed by atoms with Crippen molar-refractivity contribution in [3.8, 4) is 0 Å². The first-order valence-corrected chi connectivity index (χ1v) is 7.78. The Hall–Kier alpha value is -3.03. The van der Waals surface area contributed by atoms with Crippen molar-refractivity contribution in [3.05, 3.63) is 35.5 Å². The first-order valence-electron chi connectivity index (χ1n) is 7.78. The van der Waals surface area contributed by atoms with Gasteiger partial charge in [0.2, 0.25) is 0 Å². The lowest BCUT2D eigenvalue weighted by Crippen LogP contribution is -2.47. The monoisotopic (exact) mass is 347 g/mol. The minimum Gasteiger partial charge on any atom is -0.477 e. The summed E-state index contributed by atoms with van der Waals surface area (Å²) in [7, 11) is 0. The number of carbonyl (C=O) groups is 3. The molecule has 2 rings (SSSR count). The van der Waals surface area contributed by atoms with Crippen LogP contribution in [0.2, 0.25) is 0 Å². The number of nitrogens with zero attached hydrogens (tertiary/aromatic N) is 1. The van der Waals surface area contributed by atoms with Crippen LogP contribution in [0.15, 0.2) is 24.3 Å². The number of hydrazine groups is 1. The number of amides is 2. The standard InChI is InChI=1S/C17H21N3O5/c1-5-20(19-16(24)25-17(2,3)4)14(21)10-6-7-12-11(8-10)9-13(18-12)15(22)23/h6-9,18H,5H2,1-4H3,(H,19,24)(H,22,23). The lowest BCUT2D eigenvalue weighted by atomic mass is 10.1. The molecule has 0 aliphatic carbocycles. The zero-order valence-electron chi connectivity index (χ0n) is 14.5. The molecule has 1 heterocycles. The van der Waals surface area contributed by atoms with E-state index >= 15 is 0 Å². The molecule has 2 aromatic rings. The number of aromatic amines is 1. The van der Waals surface area contributed by atoms with Crippen LogP contribution in [-0.4, -0.2) is 45.2 Å². The van der Waals surface area contributed by atoms with Crippen molar-refractivity contribution >= 4 is 28.9 Å². The summed E-state index contributed by atoms with van der Waals surface area (Å²) in [5, 5.41) is 10.7. The Morgan fingerprint density at radius 3 is 2.48 bits per heavy atom. The Labute approximate surface area is 144 Å². The van der Waals surface area contributed by atoms with Crippen molar-refractivity contribution in [1.29, 1.82) is 0 Å². The van der Waals surface area contributed by atoms with E-state index in [1.54, 1.807) is 45.9 Å². The molecule has 25 heavy (non-hydrogen) atoms. The van der Waals surface area contributed by atoms with E-state index in [2.05, 4.69) is 10.4 Å². The highest BCUT2D eigenvalue weighted by molar-refractivity contribution is 6.00. The lowest BCUT2D eigenvalue weighted by Gasteiger charge is -2.25. The van der Waals surface area contributed by atoms with Crippen LogP contribution in [0.1, 0.15) is 48.5 Å². The summed E-state index contributed by atoms with van der Waals surface area (Å²) in [4.78, 5) is 38.2. The van der Waals surface area contributed by atoms with E-state index in [1.165, 1.54) is 6.07 Å². The molecule has 134 valence electrons. The first-order chi connectivity index (χ1) is 11.6. The van der Waals surface area contributed by atoms with Gasteiger partial charge in [-0.3, -0.25) is 4.79 Å². The normalized spacial score (nSPS) is 11.2. The van der Waals surface area contributed by atoms with Crippen LogP contribution in [0, 0.1) is 0 Å². The summed E-state index contributed by atoms with van der Waals surface area (Å²) in [6.45, 7) is 7.13. The fraction of sp³-hybridized carbons (Fsp3) is 0.353. The minimum absolute atomic E-state index is 0.0406. The fourth-order valence-corrected chi connectivity index (χ4v) is 2.22. The second-order valence-corrected chi connectivity index (χ2v) is 6.45. The number of aromatic carboxylic acids is 1. The van der Waals surface area contributed by atoms with Gasteiger partial charge in [0.15, 0.2) is 0 Å². The van der Waals surface area contributed by atoms with Gasteiger partial charge in [0.05, 0.1) is 0 Å². The number of carboxylic acid groups (broad SMARTS) is 1. The number of H-pyrrole nitrogens is 1. The molecule has 0 unspecified atom stereocenters. The number of carbonyl (C=O) groups excluding carboxylic acids is 2. The van der Waals surface area contributed by atoms with Gasteiger partial charge in [0.1, 0.15) is 11.3 Å². The third-order valence-electron chi connectivity index (χ3n) is 3.28. The van der Waals surface area contributed by atoms with E-state index in [-0.39, 0.29) is 12.2 Å². The zero-order chi connectivity index (χ0) is 18.8. The largest absolute Gasteiger partial charge is 0.477 e. The summed E-state index contributed by atoms with van der Waals surface area (Å²) in [6, 6.07) is 6.20. The minimum atomic E-state index is -1.08. The molecule has 0 saturated carbocycles. The van der Waals surface area contributed by atoms with Crippen molar-refractivity contribution in [2.75, 3.05) is 6.54 Å². The van der Waals surface area contributed by atoms with Gasteiger partial charge in [-0.15, -0.1) is 0 Å². The predicted molar refractivity (Wildman–Crippen MR) is 91.3 cm³/mol. The number of fused-ring (bicyclic) bond motifs is 1. The van der Waals surface area contributed by atoms with Crippen molar-refractivity contribution in [2.45, 2.75) is 33.3 Å². The summed E-state index contributed by atoms with van der Waals surface area (Å²) < 4.78 is 5.14. The number of hydrogen-bond donors (Lipinski definition) is 3. The van der Waals surface area contributed by atoms with Crippen LogP contribution in [0.5, 0.6) is 0 Å². The van der Waals surface area contributed by atoms with Gasteiger partial charge in [0, 0.05) is 23.0 Å². The maximum Gasteiger partial charge on any atom is 0.426 e. The Balaban J connectivity index is 2.20. The number of nitrogens with one attached hydrogen (secondary N) is 2. The van der Waals surface area contributed by atoms with Crippen LogP contribution < -0.4 is 5.43 Å². The molecule has 0 saturated heterocycles. The maximum atomic E-state index is 12.6. The predicted octanol–water partition coefficient (Wildman–Crippen LogP) is 2.77. The maximum absolute atomic E-state index is 12.6. The number of rotatable bonds is 3. The fourth-order valence-electron chi connectivity index (χ4n) is 2.22. The summed E-state index contributed by atoms with van der Waals surface area (Å²) >= 11 is 0. The van der Waals surface area contributed by atoms with Crippen LogP contribution in [0.3, 0.4) is 0 Å². The van der Waals surface area contributed by atoms with Gasteiger partial charge < -0.3 is 14.8 Å². The topological polar surface area (TPSA) is 112 Å². The van der Waals surface area contributed by atoms with E-state index in [0.29, 0.717) is 16.5 Å². The lowest BCUT2D eigenvalue weighted by molar-refractivity contribution is 0.0303. The summed E-state index contributed by atoms with van der Waals surface area (Å²) in [5.41, 5.74) is 2.71. The third-order valence-corrected chi connectivity index (χ3v) is 3.28. The molecular weight excluding hydrogens is 326 g/mol. The van der Waals surface area contributed by atoms with Gasteiger partial charge in [0.25, 0.3) is 5.91 Å². The van der Waals surface area contributed by atoms with Crippen LogP contribution in [-0.2, 0) is 4.74 Å². The van der Waals surface area contributed by atoms with E-state index in [0.717, 1.165) is 5.01 Å². The van der Waals surface area contributed by atoms with E-state index < -0.39 is 23.6 Å². The molecular formula is C17H21N3O5. The average Bonchev–Trinajstić information content (AvgIpc) is 2.93. The number of hydrogen-bond acceptors (Lipinski definition) is 4. The average molecular weight is 347 g/mol. The highest BCUT2D eigenvalue weighted by Gasteiger charge is 2.21. The van der Waals surface area contributed by atoms with Crippen molar-refractivity contribution < 1.29 is 24.2 Å². The molecule has 0 aliphatic heterocycles. The van der Waals surface area contributed by atoms with Crippen molar-refractivity contribution in [3.63, 3.8) is 0 Å². The van der Waals surface area contributed by atoms with Gasteiger partial charge in [-0.05, 0) is 52.0 Å². The van der Waals surface area contributed by atoms with E-state index in [4.69, 9.17) is 9.84 Å². The molecule has 1 aromatic carbocycles. The molecule has 1 aromatic heterocycles. The molecule has 3 N–H and O–H groups in total. The Morgan fingerprint density at radius 2 is 1.92 bits per heavy atom. The van der Waals surface area contributed by atoms with Gasteiger partial charge in [-0.2, -0.15) is 0 Å². The number of benzene rings is 1. The highest BCUT2D eigenvalue weighted by Crippen LogP contribution is 2.18. The first kappa shape index (κ1) is 18.3. The number of ether oxygens (including phenoxy) is 1. The zero-order valence-corrected chi connectivity index (χ0v) is 14.5. The Bertz CT molecular complexity index is 819. The number of carboxylic acids is 1. The van der Waals surface area contributed by atoms with Crippen LogP contribution >= 0.6 is 0 Å². The SMILES string of the molecule is CCN(NC(=O)OC(C)(C)C)C(=O)c1ccc2[nH]c(C(=O)O)cc2c1. The van der Waals surface area contributed by atoms with Gasteiger partial charge in [-0.25, -0.2) is 20.0 Å².